The lowest BCUT2D eigenvalue weighted by atomic mass is 10.1. The first kappa shape index (κ1) is 11.0. The van der Waals surface area contributed by atoms with Gasteiger partial charge in [-0.15, -0.1) is 0 Å². The summed E-state index contributed by atoms with van der Waals surface area (Å²) in [7, 11) is 0.820. The second-order valence-electron chi connectivity index (χ2n) is 3.13. The smallest absolute Gasteiger partial charge is 0.303 e. The topological polar surface area (TPSA) is 54.4 Å². The molecule has 0 bridgehead atoms. The third-order valence-electron chi connectivity index (χ3n) is 2.08. The lowest BCUT2D eigenvalue weighted by Gasteiger charge is -2.05. The summed E-state index contributed by atoms with van der Waals surface area (Å²) in [6.07, 6.45) is 3.81. The summed E-state index contributed by atoms with van der Waals surface area (Å²) in [4.78, 5) is 10.2. The Hall–Kier alpha value is -0.0300. The van der Waals surface area contributed by atoms with Crippen molar-refractivity contribution in [3.05, 3.63) is 0 Å². The van der Waals surface area contributed by atoms with Gasteiger partial charge in [0.2, 0.25) is 0 Å². The molecule has 1 rings (SSSR count). The molecule has 0 aromatic rings. The van der Waals surface area contributed by atoms with Crippen molar-refractivity contribution < 1.29 is 14.1 Å². The van der Waals surface area contributed by atoms with Crippen LogP contribution in [0.3, 0.4) is 0 Å². The number of rotatable bonds is 5. The second-order valence-corrected chi connectivity index (χ2v) is 6.66. The van der Waals surface area contributed by atoms with Crippen LogP contribution < -0.4 is 0 Å². The van der Waals surface area contributed by atoms with E-state index >= 15 is 0 Å². The minimum absolute atomic E-state index is 0.243. The van der Waals surface area contributed by atoms with Crippen molar-refractivity contribution in [3.63, 3.8) is 0 Å². The fraction of sp³-hybridized carbons (Fsp3) is 0.875. The average Bonchev–Trinajstić information content (AvgIpc) is 2.45. The molecule has 0 saturated carbocycles. The molecule has 76 valence electrons. The first-order valence-corrected chi connectivity index (χ1v) is 7.17. The minimum atomic E-state index is -0.734. The first-order chi connectivity index (χ1) is 6.20. The van der Waals surface area contributed by atoms with Gasteiger partial charge in [-0.3, -0.25) is 4.79 Å². The number of aliphatic carboxylic acids is 1. The molecule has 1 heterocycles. The van der Waals surface area contributed by atoms with Crippen LogP contribution in [0.2, 0.25) is 0 Å². The van der Waals surface area contributed by atoms with Crippen LogP contribution in [-0.2, 0) is 14.6 Å². The van der Waals surface area contributed by atoms with Crippen molar-refractivity contribution in [1.29, 1.82) is 0 Å². The summed E-state index contributed by atoms with van der Waals surface area (Å²) >= 11 is 0. The summed E-state index contributed by atoms with van der Waals surface area (Å²) in [6.45, 7) is 0. The fourth-order valence-corrected chi connectivity index (χ4v) is 4.84. The summed E-state index contributed by atoms with van der Waals surface area (Å²) in [5.41, 5.74) is 0. The largest absolute Gasteiger partial charge is 0.481 e. The van der Waals surface area contributed by atoms with E-state index in [0.717, 1.165) is 25.0 Å². The maximum Gasteiger partial charge on any atom is 0.303 e. The van der Waals surface area contributed by atoms with Crippen molar-refractivity contribution in [1.82, 2.24) is 0 Å². The number of hydrogen-bond donors (Lipinski definition) is 1. The molecular weight excluding hydrogens is 208 g/mol. The van der Waals surface area contributed by atoms with Gasteiger partial charge in [-0.1, -0.05) is 17.2 Å². The molecule has 1 saturated heterocycles. The van der Waals surface area contributed by atoms with E-state index < -0.39 is 15.8 Å². The van der Waals surface area contributed by atoms with Gasteiger partial charge in [0, 0.05) is 17.4 Å². The van der Waals surface area contributed by atoms with Crippen LogP contribution in [0.15, 0.2) is 0 Å². The molecule has 1 fully saturated rings. The molecule has 1 aliphatic heterocycles. The molecule has 0 unspecified atom stereocenters. The molecule has 0 aromatic heterocycles. The molecule has 0 radical (unpaired) electrons. The van der Waals surface area contributed by atoms with Crippen LogP contribution in [0.4, 0.5) is 0 Å². The van der Waals surface area contributed by atoms with Gasteiger partial charge < -0.3 is 5.11 Å². The number of carboxylic acid groups (broad SMARTS) is 1. The van der Waals surface area contributed by atoms with Gasteiger partial charge in [0.05, 0.1) is 9.83 Å². The normalized spacial score (nSPS) is 27.7. The SMILES string of the molecule is O=C(O)CCCC[C@@H]1CCS[S@]1=O. The Kier molecular flexibility index (Phi) is 4.80. The zero-order valence-corrected chi connectivity index (χ0v) is 9.03. The van der Waals surface area contributed by atoms with E-state index in [0.29, 0.717) is 11.7 Å². The van der Waals surface area contributed by atoms with Gasteiger partial charge in [-0.2, -0.15) is 0 Å². The van der Waals surface area contributed by atoms with Crippen LogP contribution in [0.5, 0.6) is 0 Å². The molecule has 0 aliphatic carbocycles. The lowest BCUT2D eigenvalue weighted by Crippen LogP contribution is -2.06. The predicted octanol–water partition coefficient (Wildman–Crippen LogP) is 1.80. The molecule has 2 atom stereocenters. The molecule has 1 N–H and O–H groups in total. The van der Waals surface area contributed by atoms with E-state index in [1.165, 1.54) is 10.8 Å². The molecular formula is C8H14O3S2. The predicted molar refractivity (Wildman–Crippen MR) is 55.1 cm³/mol. The Morgan fingerprint density at radius 1 is 1.54 bits per heavy atom. The van der Waals surface area contributed by atoms with Crippen molar-refractivity contribution in [3.8, 4) is 0 Å². The Morgan fingerprint density at radius 3 is 2.85 bits per heavy atom. The van der Waals surface area contributed by atoms with Crippen LogP contribution in [0.25, 0.3) is 0 Å². The highest BCUT2D eigenvalue weighted by atomic mass is 33.1. The van der Waals surface area contributed by atoms with Crippen LogP contribution in [0.1, 0.15) is 32.1 Å². The summed E-state index contributed by atoms with van der Waals surface area (Å²) in [5.74, 6) is 0.262. The highest BCUT2D eigenvalue weighted by Gasteiger charge is 2.23. The van der Waals surface area contributed by atoms with Crippen molar-refractivity contribution >= 4 is 26.6 Å². The Balaban J connectivity index is 2.05. The van der Waals surface area contributed by atoms with Crippen molar-refractivity contribution in [2.45, 2.75) is 37.4 Å². The van der Waals surface area contributed by atoms with Gasteiger partial charge in [-0.25, -0.2) is 4.21 Å². The molecule has 0 spiro atoms. The summed E-state index contributed by atoms with van der Waals surface area (Å²) < 4.78 is 11.3. The number of unbranched alkanes of at least 4 members (excludes halogenated alkanes) is 1. The molecule has 13 heavy (non-hydrogen) atoms. The molecule has 5 heteroatoms. The van der Waals surface area contributed by atoms with Crippen LogP contribution in [0, 0.1) is 0 Å². The van der Waals surface area contributed by atoms with Gasteiger partial charge >= 0.3 is 5.97 Å². The van der Waals surface area contributed by atoms with Crippen molar-refractivity contribution in [2.24, 2.45) is 0 Å². The maximum absolute atomic E-state index is 11.3. The zero-order valence-electron chi connectivity index (χ0n) is 7.40. The minimum Gasteiger partial charge on any atom is -0.481 e. The molecule has 0 amide bonds. The lowest BCUT2D eigenvalue weighted by molar-refractivity contribution is -0.137. The van der Waals surface area contributed by atoms with E-state index in [1.807, 2.05) is 0 Å². The van der Waals surface area contributed by atoms with Crippen LogP contribution in [-0.4, -0.2) is 26.3 Å². The monoisotopic (exact) mass is 222 g/mol. The Bertz CT molecular complexity index is 206. The standard InChI is InChI=1S/C8H14O3S2/c9-8(10)4-2-1-3-7-5-6-12-13(7)11/h7H,1-6H2,(H,9,10)/t7-,13-/m1/s1. The van der Waals surface area contributed by atoms with Crippen molar-refractivity contribution in [2.75, 3.05) is 5.75 Å². The summed E-state index contributed by atoms with van der Waals surface area (Å²) in [6, 6.07) is 0. The maximum atomic E-state index is 11.3. The molecule has 3 nitrogen and oxygen atoms in total. The Morgan fingerprint density at radius 2 is 2.31 bits per heavy atom. The summed E-state index contributed by atoms with van der Waals surface area (Å²) in [5, 5.41) is 8.71. The number of carboxylic acids is 1. The van der Waals surface area contributed by atoms with E-state index in [9.17, 15) is 9.00 Å². The van der Waals surface area contributed by atoms with Gasteiger partial charge in [0.25, 0.3) is 0 Å². The van der Waals surface area contributed by atoms with E-state index in [2.05, 4.69) is 0 Å². The van der Waals surface area contributed by atoms with Crippen LogP contribution >= 0.6 is 10.8 Å². The van der Waals surface area contributed by atoms with E-state index in [4.69, 9.17) is 5.11 Å². The number of hydrogen-bond acceptors (Lipinski definition) is 3. The Labute approximate surface area is 84.1 Å². The fourth-order valence-electron chi connectivity index (χ4n) is 1.34. The van der Waals surface area contributed by atoms with Gasteiger partial charge in [-0.05, 0) is 19.3 Å². The van der Waals surface area contributed by atoms with E-state index in [1.54, 1.807) is 0 Å². The first-order valence-electron chi connectivity index (χ1n) is 4.46. The highest BCUT2D eigenvalue weighted by Crippen LogP contribution is 2.29. The molecule has 1 aliphatic rings. The third-order valence-corrected chi connectivity index (χ3v) is 5.74. The average molecular weight is 222 g/mol. The third kappa shape index (κ3) is 4.13. The highest BCUT2D eigenvalue weighted by molar-refractivity contribution is 8.69. The quantitative estimate of drug-likeness (QED) is 0.569. The number of carbonyl (C=O) groups is 1. The second kappa shape index (κ2) is 5.65. The molecule has 0 aromatic carbocycles. The zero-order chi connectivity index (χ0) is 9.68. The van der Waals surface area contributed by atoms with Gasteiger partial charge in [0.1, 0.15) is 0 Å². The van der Waals surface area contributed by atoms with E-state index in [-0.39, 0.29) is 6.42 Å². The van der Waals surface area contributed by atoms with Gasteiger partial charge in [0.15, 0.2) is 0 Å².